The molecule has 0 aliphatic carbocycles. The lowest BCUT2D eigenvalue weighted by Crippen LogP contribution is -2.24. The summed E-state index contributed by atoms with van der Waals surface area (Å²) in [5, 5.41) is 17.5. The van der Waals surface area contributed by atoms with E-state index in [1.807, 2.05) is 0 Å². The summed E-state index contributed by atoms with van der Waals surface area (Å²) in [4.78, 5) is 27.4. The first-order valence-electron chi connectivity index (χ1n) is 5.85. The number of benzene rings is 1. The van der Waals surface area contributed by atoms with Gasteiger partial charge in [0.2, 0.25) is 0 Å². The molecule has 0 aliphatic heterocycles. The lowest BCUT2D eigenvalue weighted by Gasteiger charge is -2.19. The maximum Gasteiger partial charge on any atom is 0.338 e. The van der Waals surface area contributed by atoms with Crippen molar-refractivity contribution in [2.24, 2.45) is 0 Å². The minimum Gasteiger partial charge on any atom is -0.738 e. The molecule has 0 aliphatic rings. The van der Waals surface area contributed by atoms with E-state index in [9.17, 15) is 14.8 Å². The van der Waals surface area contributed by atoms with Gasteiger partial charge in [0.15, 0.2) is 5.78 Å². The molecule has 0 bridgehead atoms. The Hall–Kier alpha value is -1.80. The summed E-state index contributed by atoms with van der Waals surface area (Å²) < 4.78 is 5.17. The lowest BCUT2D eigenvalue weighted by atomic mass is 10.1. The minimum absolute atomic E-state index is 0.249. The largest absolute Gasteiger partial charge is 0.738 e. The molecule has 0 fully saturated rings. The zero-order valence-corrected chi connectivity index (χ0v) is 11.5. The van der Waals surface area contributed by atoms with Gasteiger partial charge in [-0.15, -0.1) is 5.39 Å². The average Bonchev–Trinajstić information content (AvgIpc) is 2.34. The van der Waals surface area contributed by atoms with Crippen molar-refractivity contribution in [1.82, 2.24) is 5.39 Å². The zero-order valence-electron chi connectivity index (χ0n) is 11.5. The van der Waals surface area contributed by atoms with Crippen LogP contribution >= 0.6 is 0 Å². The highest BCUT2D eigenvalue weighted by atomic mass is 17.1. The fraction of sp³-hybridized carbons (Fsp3) is 0.385. The highest BCUT2D eigenvalue weighted by Gasteiger charge is 2.18. The van der Waals surface area contributed by atoms with Crippen molar-refractivity contribution < 1.29 is 24.4 Å². The molecule has 1 aromatic carbocycles. The number of rotatable bonds is 5. The molecule has 7 heteroatoms. The third-order valence-electron chi connectivity index (χ3n) is 2.15. The molecule has 7 nitrogen and oxygen atoms in total. The molecule has 0 aromatic heterocycles. The molecular formula is C13H16NO6-. The number of esters is 1. The summed E-state index contributed by atoms with van der Waals surface area (Å²) in [5.41, 5.74) is -0.0397. The molecule has 0 saturated carbocycles. The first kappa shape index (κ1) is 16.3. The number of carbonyl (C=O) groups is 2. The van der Waals surface area contributed by atoms with Gasteiger partial charge in [-0.1, -0.05) is 12.1 Å². The van der Waals surface area contributed by atoms with E-state index < -0.39 is 29.4 Å². The van der Waals surface area contributed by atoms with Crippen LogP contribution in [-0.2, 0) is 9.57 Å². The third-order valence-corrected chi connectivity index (χ3v) is 2.15. The number of nitrogens with zero attached hydrogens (tertiary/aromatic N) is 1. The molecule has 0 atom stereocenters. The number of ether oxygens (including phenoxy) is 1. The van der Waals surface area contributed by atoms with Crippen molar-refractivity contribution in [3.8, 4) is 0 Å². The smallest absolute Gasteiger partial charge is 0.338 e. The summed E-state index contributed by atoms with van der Waals surface area (Å²) in [6.45, 7) is 4.67. The first-order valence-corrected chi connectivity index (χ1v) is 5.85. The van der Waals surface area contributed by atoms with Crippen LogP contribution in [0.5, 0.6) is 0 Å². The lowest BCUT2D eigenvalue weighted by molar-refractivity contribution is -0.298. The molecule has 0 spiro atoms. The quantitative estimate of drug-likeness (QED) is 0.500. The molecule has 0 amide bonds. The Labute approximate surface area is 116 Å². The van der Waals surface area contributed by atoms with Gasteiger partial charge in [0.05, 0.1) is 5.56 Å². The number of hydrogen-bond acceptors (Lipinski definition) is 7. The van der Waals surface area contributed by atoms with Gasteiger partial charge in [-0.3, -0.25) is 9.63 Å². The van der Waals surface area contributed by atoms with Crippen LogP contribution in [-0.4, -0.2) is 34.6 Å². The van der Waals surface area contributed by atoms with Gasteiger partial charge in [0, 0.05) is 5.56 Å². The number of hydrogen-bond donors (Lipinski definition) is 1. The Balaban J connectivity index is 2.69. The maximum absolute atomic E-state index is 11.7. The molecule has 1 rings (SSSR count). The molecule has 110 valence electrons. The average molecular weight is 282 g/mol. The van der Waals surface area contributed by atoms with Gasteiger partial charge < -0.3 is 15.2 Å². The van der Waals surface area contributed by atoms with Crippen LogP contribution in [0.4, 0.5) is 0 Å². The van der Waals surface area contributed by atoms with E-state index >= 15 is 0 Å². The molecule has 0 radical (unpaired) electrons. The fourth-order valence-corrected chi connectivity index (χ4v) is 1.33. The summed E-state index contributed by atoms with van der Waals surface area (Å²) in [7, 11) is 0. The fourth-order valence-electron chi connectivity index (χ4n) is 1.33. The van der Waals surface area contributed by atoms with Crippen LogP contribution < -0.4 is 0 Å². The van der Waals surface area contributed by atoms with Crippen LogP contribution in [0, 0.1) is 5.21 Å². The van der Waals surface area contributed by atoms with Crippen LogP contribution in [0.15, 0.2) is 24.3 Å². The number of Topliss-reactive ketones (excluding diaryl/α,β-unsaturated/α-hetero) is 1. The topological polar surface area (TPSA) is 99.1 Å². The predicted molar refractivity (Wildman–Crippen MR) is 68.9 cm³/mol. The van der Waals surface area contributed by atoms with Crippen molar-refractivity contribution in [3.63, 3.8) is 0 Å². The summed E-state index contributed by atoms with van der Waals surface area (Å²) >= 11 is 0. The molecule has 20 heavy (non-hydrogen) atoms. The van der Waals surface area contributed by atoms with Crippen molar-refractivity contribution in [2.75, 3.05) is 6.61 Å². The first-order chi connectivity index (χ1) is 9.19. The number of carbonyl (C=O) groups excluding carboxylic acids is 2. The van der Waals surface area contributed by atoms with E-state index in [-0.39, 0.29) is 5.56 Å². The van der Waals surface area contributed by atoms with Gasteiger partial charge in [-0.05, 0) is 32.9 Å². The van der Waals surface area contributed by atoms with Crippen molar-refractivity contribution in [3.05, 3.63) is 40.6 Å². The summed E-state index contributed by atoms with van der Waals surface area (Å²) in [6, 6.07) is 5.71. The summed E-state index contributed by atoms with van der Waals surface area (Å²) in [6.07, 6.45) is 0. The molecule has 0 unspecified atom stereocenters. The SMILES string of the molecule is CC(C)(C)OC(=O)c1ccc(C(=O)CON([O-])O)cc1. The van der Waals surface area contributed by atoms with Gasteiger partial charge in [-0.25, -0.2) is 4.79 Å². The van der Waals surface area contributed by atoms with Crippen molar-refractivity contribution in [2.45, 2.75) is 26.4 Å². The highest BCUT2D eigenvalue weighted by molar-refractivity contribution is 5.98. The molecular weight excluding hydrogens is 266 g/mol. The van der Waals surface area contributed by atoms with Gasteiger partial charge in [0.25, 0.3) is 0 Å². The molecule has 0 saturated heterocycles. The monoisotopic (exact) mass is 282 g/mol. The maximum atomic E-state index is 11.7. The van der Waals surface area contributed by atoms with E-state index in [0.29, 0.717) is 5.56 Å². The third kappa shape index (κ3) is 5.45. The van der Waals surface area contributed by atoms with E-state index in [0.717, 1.165) is 0 Å². The standard InChI is InChI=1S/C13H16NO6/c1-13(2,3)20-12(16)10-6-4-9(5-7-10)11(15)8-19-14(17)18/h4-7,17H,8H2,1-3H3/q-1. The number of ketones is 1. The Morgan fingerprint density at radius 2 is 1.70 bits per heavy atom. The van der Waals surface area contributed by atoms with E-state index in [4.69, 9.17) is 9.94 Å². The van der Waals surface area contributed by atoms with Crippen LogP contribution in [0.2, 0.25) is 0 Å². The Kier molecular flexibility index (Phi) is 5.34. The van der Waals surface area contributed by atoms with Gasteiger partial charge in [0.1, 0.15) is 12.2 Å². The Bertz CT molecular complexity index is 475. The second-order valence-corrected chi connectivity index (χ2v) is 5.01. The van der Waals surface area contributed by atoms with E-state index in [2.05, 4.69) is 4.84 Å². The normalized spacial score (nSPS) is 11.5. The molecule has 1 N–H and O–H groups in total. The molecule has 1 aromatic rings. The Morgan fingerprint density at radius 3 is 2.15 bits per heavy atom. The van der Waals surface area contributed by atoms with Gasteiger partial charge in [-0.2, -0.15) is 0 Å². The second kappa shape index (κ2) is 6.58. The van der Waals surface area contributed by atoms with Crippen LogP contribution in [0.25, 0.3) is 0 Å². The minimum atomic E-state index is -0.785. The van der Waals surface area contributed by atoms with Gasteiger partial charge >= 0.3 is 5.97 Å². The van der Waals surface area contributed by atoms with Crippen LogP contribution in [0.1, 0.15) is 41.5 Å². The van der Waals surface area contributed by atoms with Crippen molar-refractivity contribution >= 4 is 11.8 Å². The highest BCUT2D eigenvalue weighted by Crippen LogP contribution is 2.13. The summed E-state index contributed by atoms with van der Waals surface area (Å²) in [5.74, 6) is -0.996. The van der Waals surface area contributed by atoms with E-state index in [1.165, 1.54) is 24.3 Å². The van der Waals surface area contributed by atoms with Crippen LogP contribution in [0.3, 0.4) is 0 Å². The van der Waals surface area contributed by atoms with E-state index in [1.54, 1.807) is 20.8 Å². The predicted octanol–water partition coefficient (Wildman–Crippen LogP) is 1.95. The Morgan fingerprint density at radius 1 is 1.20 bits per heavy atom. The second-order valence-electron chi connectivity index (χ2n) is 5.01. The molecule has 0 heterocycles. The van der Waals surface area contributed by atoms with Crippen molar-refractivity contribution in [1.29, 1.82) is 0 Å². The zero-order chi connectivity index (χ0) is 15.3.